The molecule has 0 atom stereocenters. The van der Waals surface area contributed by atoms with Gasteiger partial charge in [-0.15, -0.1) is 11.3 Å². The van der Waals surface area contributed by atoms with E-state index in [2.05, 4.69) is 18.8 Å². The van der Waals surface area contributed by atoms with Crippen molar-refractivity contribution in [2.45, 2.75) is 33.7 Å². The molecule has 0 fully saturated rings. The van der Waals surface area contributed by atoms with Crippen LogP contribution in [0.4, 0.5) is 0 Å². The maximum Gasteiger partial charge on any atom is 0.357 e. The molecule has 0 saturated heterocycles. The predicted octanol–water partition coefficient (Wildman–Crippen LogP) is 4.02. The summed E-state index contributed by atoms with van der Waals surface area (Å²) in [7, 11) is 1.59. The third kappa shape index (κ3) is 6.06. The number of hydrogen-bond donors (Lipinski definition) is 0. The Bertz CT molecular complexity index is 756. The van der Waals surface area contributed by atoms with Gasteiger partial charge >= 0.3 is 5.97 Å². The number of nitrogens with zero attached hydrogens (tertiary/aromatic N) is 2. The SMILES string of the molecule is CCOC(=O)c1csc(CN(CCC(C)C)C(=O)c2ccc(OC)cc2)n1. The van der Waals surface area contributed by atoms with Gasteiger partial charge in [0.15, 0.2) is 5.69 Å². The van der Waals surface area contributed by atoms with Crippen LogP contribution < -0.4 is 4.74 Å². The van der Waals surface area contributed by atoms with Gasteiger partial charge < -0.3 is 14.4 Å². The molecular weight excluding hydrogens is 364 g/mol. The fraction of sp³-hybridized carbons (Fsp3) is 0.450. The molecule has 0 N–H and O–H groups in total. The smallest absolute Gasteiger partial charge is 0.357 e. The summed E-state index contributed by atoms with van der Waals surface area (Å²) < 4.78 is 10.1. The quantitative estimate of drug-likeness (QED) is 0.605. The molecule has 2 aromatic rings. The highest BCUT2D eigenvalue weighted by Gasteiger charge is 2.19. The minimum atomic E-state index is -0.435. The lowest BCUT2D eigenvalue weighted by Gasteiger charge is -2.23. The molecule has 1 amide bonds. The third-order valence-corrected chi connectivity index (χ3v) is 4.80. The number of benzene rings is 1. The van der Waals surface area contributed by atoms with Gasteiger partial charge in [0, 0.05) is 17.5 Å². The van der Waals surface area contributed by atoms with E-state index in [0.29, 0.717) is 41.9 Å². The number of ether oxygens (including phenoxy) is 2. The molecule has 0 radical (unpaired) electrons. The molecule has 7 heteroatoms. The first-order valence-corrected chi connectivity index (χ1v) is 9.87. The Kier molecular flexibility index (Phi) is 7.79. The van der Waals surface area contributed by atoms with E-state index in [9.17, 15) is 9.59 Å². The number of carbonyl (C=O) groups is 2. The Morgan fingerprint density at radius 2 is 1.93 bits per heavy atom. The van der Waals surface area contributed by atoms with Gasteiger partial charge in [0.1, 0.15) is 10.8 Å². The Morgan fingerprint density at radius 3 is 2.52 bits per heavy atom. The molecule has 0 spiro atoms. The molecule has 1 aromatic carbocycles. The molecule has 6 nitrogen and oxygen atoms in total. The number of aromatic nitrogens is 1. The lowest BCUT2D eigenvalue weighted by atomic mass is 10.1. The zero-order chi connectivity index (χ0) is 19.8. The summed E-state index contributed by atoms with van der Waals surface area (Å²) in [6, 6.07) is 7.07. The number of rotatable bonds is 9. The van der Waals surface area contributed by atoms with Gasteiger partial charge in [-0.1, -0.05) is 13.8 Å². The second-order valence-electron chi connectivity index (χ2n) is 6.48. The molecule has 1 aromatic heterocycles. The average Bonchev–Trinajstić information content (AvgIpc) is 3.13. The number of methoxy groups -OCH3 is 1. The lowest BCUT2D eigenvalue weighted by Crippen LogP contribution is -2.32. The van der Waals surface area contributed by atoms with Crippen molar-refractivity contribution in [3.05, 3.63) is 45.9 Å². The summed E-state index contributed by atoms with van der Waals surface area (Å²) in [5.41, 5.74) is 0.888. The van der Waals surface area contributed by atoms with Gasteiger partial charge in [-0.3, -0.25) is 4.79 Å². The van der Waals surface area contributed by atoms with Crippen LogP contribution in [0.25, 0.3) is 0 Å². The van der Waals surface area contributed by atoms with Crippen LogP contribution in [0.1, 0.15) is 53.0 Å². The molecule has 146 valence electrons. The van der Waals surface area contributed by atoms with Crippen LogP contribution in [0.5, 0.6) is 5.75 Å². The molecule has 0 bridgehead atoms. The van der Waals surface area contributed by atoms with Crippen LogP contribution in [0.15, 0.2) is 29.6 Å². The molecular formula is C20H26N2O4S. The first-order chi connectivity index (χ1) is 12.9. The van der Waals surface area contributed by atoms with Crippen molar-refractivity contribution in [3.63, 3.8) is 0 Å². The highest BCUT2D eigenvalue weighted by Crippen LogP contribution is 2.18. The van der Waals surface area contributed by atoms with Crippen LogP contribution in [-0.4, -0.2) is 42.0 Å². The van der Waals surface area contributed by atoms with E-state index in [0.717, 1.165) is 6.42 Å². The van der Waals surface area contributed by atoms with Crippen LogP contribution in [0.2, 0.25) is 0 Å². The second-order valence-corrected chi connectivity index (χ2v) is 7.43. The van der Waals surface area contributed by atoms with Crippen molar-refractivity contribution in [3.8, 4) is 5.75 Å². The average molecular weight is 391 g/mol. The van der Waals surface area contributed by atoms with Gasteiger partial charge in [-0.2, -0.15) is 0 Å². The molecule has 27 heavy (non-hydrogen) atoms. The van der Waals surface area contributed by atoms with E-state index in [-0.39, 0.29) is 11.6 Å². The maximum atomic E-state index is 13.0. The summed E-state index contributed by atoms with van der Waals surface area (Å²) in [6.45, 7) is 7.30. The standard InChI is InChI=1S/C20H26N2O4S/c1-5-26-20(24)17-13-27-18(21-17)12-22(11-10-14(2)3)19(23)15-6-8-16(25-4)9-7-15/h6-9,13-14H,5,10-12H2,1-4H3. The number of carbonyl (C=O) groups excluding carboxylic acids is 2. The van der Waals surface area contributed by atoms with Crippen LogP contribution >= 0.6 is 11.3 Å². The van der Waals surface area contributed by atoms with Crippen LogP contribution in [-0.2, 0) is 11.3 Å². The number of thiazole rings is 1. The fourth-order valence-electron chi connectivity index (χ4n) is 2.43. The van der Waals surface area contributed by atoms with Crippen LogP contribution in [0.3, 0.4) is 0 Å². The summed E-state index contributed by atoms with van der Waals surface area (Å²) in [5, 5.41) is 2.38. The van der Waals surface area contributed by atoms with Gasteiger partial charge in [0.05, 0.1) is 20.3 Å². The Labute approximate surface area is 164 Å². The molecule has 0 aliphatic carbocycles. The number of hydrogen-bond acceptors (Lipinski definition) is 6. The van der Waals surface area contributed by atoms with Gasteiger partial charge in [0.2, 0.25) is 0 Å². The van der Waals surface area contributed by atoms with E-state index in [1.165, 1.54) is 11.3 Å². The maximum absolute atomic E-state index is 13.0. The predicted molar refractivity (Wildman–Crippen MR) is 105 cm³/mol. The van der Waals surface area contributed by atoms with Crippen LogP contribution in [0, 0.1) is 5.92 Å². The molecule has 0 saturated carbocycles. The summed E-state index contributed by atoms with van der Waals surface area (Å²) >= 11 is 1.36. The Hall–Kier alpha value is -2.41. The van der Waals surface area contributed by atoms with E-state index >= 15 is 0 Å². The minimum Gasteiger partial charge on any atom is -0.497 e. The minimum absolute atomic E-state index is 0.0637. The van der Waals surface area contributed by atoms with E-state index in [1.807, 2.05) is 0 Å². The van der Waals surface area contributed by atoms with E-state index in [4.69, 9.17) is 9.47 Å². The highest BCUT2D eigenvalue weighted by atomic mass is 32.1. The molecule has 0 aliphatic heterocycles. The third-order valence-electron chi connectivity index (χ3n) is 3.96. The molecule has 0 aliphatic rings. The topological polar surface area (TPSA) is 68.7 Å². The summed E-state index contributed by atoms with van der Waals surface area (Å²) in [5.74, 6) is 0.684. The van der Waals surface area contributed by atoms with Crippen molar-refractivity contribution in [1.82, 2.24) is 9.88 Å². The molecule has 0 unspecified atom stereocenters. The zero-order valence-corrected chi connectivity index (χ0v) is 17.0. The summed E-state index contributed by atoms with van der Waals surface area (Å²) in [4.78, 5) is 30.9. The second kappa shape index (κ2) is 10.1. The molecule has 2 rings (SSSR count). The van der Waals surface area contributed by atoms with Gasteiger partial charge in [-0.25, -0.2) is 9.78 Å². The normalized spacial score (nSPS) is 10.7. The lowest BCUT2D eigenvalue weighted by molar-refractivity contribution is 0.0520. The van der Waals surface area contributed by atoms with Crippen molar-refractivity contribution < 1.29 is 19.1 Å². The van der Waals surface area contributed by atoms with Crippen molar-refractivity contribution in [2.24, 2.45) is 5.92 Å². The van der Waals surface area contributed by atoms with Gasteiger partial charge in [0.25, 0.3) is 5.91 Å². The zero-order valence-electron chi connectivity index (χ0n) is 16.2. The number of esters is 1. The van der Waals surface area contributed by atoms with Gasteiger partial charge in [-0.05, 0) is 43.5 Å². The largest absolute Gasteiger partial charge is 0.497 e. The van der Waals surface area contributed by atoms with E-state index in [1.54, 1.807) is 48.6 Å². The Balaban J connectivity index is 2.15. The number of amides is 1. The fourth-order valence-corrected chi connectivity index (χ4v) is 3.21. The Morgan fingerprint density at radius 1 is 1.22 bits per heavy atom. The summed E-state index contributed by atoms with van der Waals surface area (Å²) in [6.07, 6.45) is 0.887. The first-order valence-electron chi connectivity index (χ1n) is 8.99. The molecule has 1 heterocycles. The highest BCUT2D eigenvalue weighted by molar-refractivity contribution is 7.09. The van der Waals surface area contributed by atoms with E-state index < -0.39 is 5.97 Å². The first kappa shape index (κ1) is 20.9. The van der Waals surface area contributed by atoms with Crippen molar-refractivity contribution in [1.29, 1.82) is 0 Å². The monoisotopic (exact) mass is 390 g/mol. The van der Waals surface area contributed by atoms with Crippen molar-refractivity contribution >= 4 is 23.2 Å². The van der Waals surface area contributed by atoms with Crippen molar-refractivity contribution in [2.75, 3.05) is 20.3 Å².